The van der Waals surface area contributed by atoms with Gasteiger partial charge in [-0.1, -0.05) is 11.6 Å². The van der Waals surface area contributed by atoms with Gasteiger partial charge in [-0.25, -0.2) is 0 Å². The van der Waals surface area contributed by atoms with Gasteiger partial charge >= 0.3 is 0 Å². The summed E-state index contributed by atoms with van der Waals surface area (Å²) in [5, 5.41) is 6.69. The summed E-state index contributed by atoms with van der Waals surface area (Å²) in [5.74, 6) is -0.124. The van der Waals surface area contributed by atoms with Gasteiger partial charge in [0.2, 0.25) is 5.91 Å². The number of likely N-dealkylation sites (tertiary alicyclic amines) is 1. The van der Waals surface area contributed by atoms with E-state index < -0.39 is 0 Å². The van der Waals surface area contributed by atoms with E-state index in [1.807, 2.05) is 4.90 Å². The smallest absolute Gasteiger partial charge is 0.256 e. The fraction of sp³-hybridized carbons (Fsp3) is 0.529. The summed E-state index contributed by atoms with van der Waals surface area (Å²) < 4.78 is 0. The second-order valence-electron chi connectivity index (χ2n) is 6.23. The van der Waals surface area contributed by atoms with Gasteiger partial charge in [0.1, 0.15) is 0 Å². The maximum atomic E-state index is 12.6. The molecule has 5 nitrogen and oxygen atoms in total. The average molecular weight is 372 g/mol. The number of carbonyl (C=O) groups is 2. The first-order chi connectivity index (χ1) is 11.1. The predicted molar refractivity (Wildman–Crippen MR) is 98.1 cm³/mol. The van der Waals surface area contributed by atoms with E-state index in [9.17, 15) is 9.59 Å². The summed E-state index contributed by atoms with van der Waals surface area (Å²) in [6.07, 6.45) is 4.62. The molecule has 7 heteroatoms. The van der Waals surface area contributed by atoms with Crippen LogP contribution in [0.2, 0.25) is 5.02 Å². The van der Waals surface area contributed by atoms with Gasteiger partial charge in [0, 0.05) is 30.6 Å². The monoisotopic (exact) mass is 371 g/mol. The summed E-state index contributed by atoms with van der Waals surface area (Å²) >= 11 is 6.05. The Hall–Kier alpha value is -1.30. The van der Waals surface area contributed by atoms with Crippen LogP contribution in [0, 0.1) is 0 Å². The molecule has 0 aliphatic carbocycles. The topological polar surface area (TPSA) is 61.4 Å². The molecule has 1 unspecified atom stereocenters. The highest BCUT2D eigenvalue weighted by Gasteiger charge is 2.24. The second kappa shape index (κ2) is 8.70. The Morgan fingerprint density at radius 3 is 2.67 bits per heavy atom. The van der Waals surface area contributed by atoms with Crippen LogP contribution in [0.25, 0.3) is 0 Å². The summed E-state index contributed by atoms with van der Waals surface area (Å²) in [6.45, 7) is 2.51. The van der Waals surface area contributed by atoms with Gasteiger partial charge in [-0.3, -0.25) is 9.59 Å². The van der Waals surface area contributed by atoms with Crippen LogP contribution >= 0.6 is 24.0 Å². The molecule has 24 heavy (non-hydrogen) atoms. The quantitative estimate of drug-likeness (QED) is 0.854. The number of hydrogen-bond donors (Lipinski definition) is 2. The number of benzene rings is 1. The third-order valence-electron chi connectivity index (χ3n) is 4.47. The zero-order valence-electron chi connectivity index (χ0n) is 13.5. The van der Waals surface area contributed by atoms with E-state index in [1.54, 1.807) is 18.2 Å². The molecule has 1 aromatic rings. The Morgan fingerprint density at radius 2 is 2.00 bits per heavy atom. The minimum absolute atomic E-state index is 0. The van der Waals surface area contributed by atoms with E-state index in [2.05, 4.69) is 10.6 Å². The summed E-state index contributed by atoms with van der Waals surface area (Å²) in [5.41, 5.74) is 1.03. The van der Waals surface area contributed by atoms with Crippen LogP contribution in [0.3, 0.4) is 0 Å². The normalized spacial score (nSPS) is 19.9. The molecule has 2 amide bonds. The summed E-state index contributed by atoms with van der Waals surface area (Å²) in [4.78, 5) is 26.7. The second-order valence-corrected chi connectivity index (χ2v) is 6.67. The molecular weight excluding hydrogens is 349 g/mol. The molecule has 2 fully saturated rings. The van der Waals surface area contributed by atoms with Gasteiger partial charge in [0.15, 0.2) is 0 Å². The Morgan fingerprint density at radius 1 is 1.25 bits per heavy atom. The van der Waals surface area contributed by atoms with Crippen molar-refractivity contribution in [2.24, 2.45) is 0 Å². The molecule has 132 valence electrons. The Labute approximate surface area is 153 Å². The van der Waals surface area contributed by atoms with Crippen molar-refractivity contribution in [3.8, 4) is 0 Å². The predicted octanol–water partition coefficient (Wildman–Crippen LogP) is 3.08. The van der Waals surface area contributed by atoms with Gasteiger partial charge in [-0.2, -0.15) is 0 Å². The fourth-order valence-electron chi connectivity index (χ4n) is 3.25. The standard InChI is InChI=1S/C17H22ClN3O2.ClH/c18-12-5-6-15(20-16(22)11-13-4-3-7-19-13)14(10-12)17(23)21-8-1-2-9-21;/h5-6,10,13,19H,1-4,7-9,11H2,(H,20,22);1H. The fourth-order valence-corrected chi connectivity index (χ4v) is 3.42. The van der Waals surface area contributed by atoms with Crippen molar-refractivity contribution in [3.63, 3.8) is 0 Å². The molecule has 0 radical (unpaired) electrons. The van der Waals surface area contributed by atoms with Gasteiger partial charge in [-0.15, -0.1) is 12.4 Å². The lowest BCUT2D eigenvalue weighted by Crippen LogP contribution is -2.30. The van der Waals surface area contributed by atoms with Crippen molar-refractivity contribution < 1.29 is 9.59 Å². The molecule has 2 aliphatic rings. The van der Waals surface area contributed by atoms with E-state index in [4.69, 9.17) is 11.6 Å². The third-order valence-corrected chi connectivity index (χ3v) is 4.71. The Bertz CT molecular complexity index is 597. The molecule has 0 bridgehead atoms. The SMILES string of the molecule is Cl.O=C(CC1CCCN1)Nc1ccc(Cl)cc1C(=O)N1CCCC1. The highest BCUT2D eigenvalue weighted by atomic mass is 35.5. The average Bonchev–Trinajstić information content (AvgIpc) is 3.21. The summed E-state index contributed by atoms with van der Waals surface area (Å²) in [6, 6.07) is 5.29. The molecule has 0 spiro atoms. The van der Waals surface area contributed by atoms with E-state index >= 15 is 0 Å². The van der Waals surface area contributed by atoms with Crippen molar-refractivity contribution >= 4 is 41.5 Å². The van der Waals surface area contributed by atoms with E-state index in [1.165, 1.54) is 0 Å². The number of nitrogens with zero attached hydrogens (tertiary/aromatic N) is 1. The first kappa shape index (κ1) is 19.0. The number of amides is 2. The van der Waals surface area contributed by atoms with E-state index in [0.29, 0.717) is 22.7 Å². The van der Waals surface area contributed by atoms with E-state index in [0.717, 1.165) is 45.3 Å². The number of hydrogen-bond acceptors (Lipinski definition) is 3. The maximum absolute atomic E-state index is 12.6. The Balaban J connectivity index is 0.00000208. The zero-order chi connectivity index (χ0) is 16.2. The van der Waals surface area contributed by atoms with Crippen LogP contribution in [0.15, 0.2) is 18.2 Å². The van der Waals surface area contributed by atoms with Gasteiger partial charge in [0.05, 0.1) is 11.3 Å². The number of rotatable bonds is 4. The molecule has 2 N–H and O–H groups in total. The minimum Gasteiger partial charge on any atom is -0.339 e. The molecule has 3 rings (SSSR count). The van der Waals surface area contributed by atoms with Crippen molar-refractivity contribution in [3.05, 3.63) is 28.8 Å². The minimum atomic E-state index is -0.0674. The lowest BCUT2D eigenvalue weighted by atomic mass is 10.1. The number of anilines is 1. The van der Waals surface area contributed by atoms with Crippen molar-refractivity contribution in [2.45, 2.75) is 38.1 Å². The summed E-state index contributed by atoms with van der Waals surface area (Å²) in [7, 11) is 0. The van der Waals surface area contributed by atoms with Gasteiger partial charge in [0.25, 0.3) is 5.91 Å². The van der Waals surface area contributed by atoms with Crippen LogP contribution < -0.4 is 10.6 Å². The first-order valence-electron chi connectivity index (χ1n) is 8.25. The molecule has 0 saturated carbocycles. The molecule has 0 aromatic heterocycles. The molecule has 1 aromatic carbocycles. The van der Waals surface area contributed by atoms with Gasteiger partial charge in [-0.05, 0) is 50.4 Å². The number of halogens is 2. The van der Waals surface area contributed by atoms with Crippen LogP contribution in [0.1, 0.15) is 42.5 Å². The molecule has 2 aliphatic heterocycles. The lowest BCUT2D eigenvalue weighted by molar-refractivity contribution is -0.116. The van der Waals surface area contributed by atoms with Crippen LogP contribution in [0.4, 0.5) is 5.69 Å². The van der Waals surface area contributed by atoms with Crippen molar-refractivity contribution in [2.75, 3.05) is 25.0 Å². The van der Waals surface area contributed by atoms with Crippen molar-refractivity contribution in [1.29, 1.82) is 0 Å². The number of nitrogens with one attached hydrogen (secondary N) is 2. The van der Waals surface area contributed by atoms with Crippen LogP contribution in [-0.2, 0) is 4.79 Å². The van der Waals surface area contributed by atoms with Gasteiger partial charge < -0.3 is 15.5 Å². The van der Waals surface area contributed by atoms with Crippen molar-refractivity contribution in [1.82, 2.24) is 10.2 Å². The number of carbonyl (C=O) groups excluding carboxylic acids is 2. The zero-order valence-corrected chi connectivity index (χ0v) is 15.1. The highest BCUT2D eigenvalue weighted by Crippen LogP contribution is 2.24. The molecule has 1 atom stereocenters. The maximum Gasteiger partial charge on any atom is 0.256 e. The largest absolute Gasteiger partial charge is 0.339 e. The van der Waals surface area contributed by atoms with Crippen LogP contribution in [-0.4, -0.2) is 42.4 Å². The Kier molecular flexibility index (Phi) is 6.90. The van der Waals surface area contributed by atoms with Crippen LogP contribution in [0.5, 0.6) is 0 Å². The lowest BCUT2D eigenvalue weighted by Gasteiger charge is -2.19. The molecule has 2 saturated heterocycles. The third kappa shape index (κ3) is 4.62. The highest BCUT2D eigenvalue weighted by molar-refractivity contribution is 6.31. The van der Waals surface area contributed by atoms with E-state index in [-0.39, 0.29) is 30.3 Å². The first-order valence-corrected chi connectivity index (χ1v) is 8.63. The molecule has 2 heterocycles. The molecular formula is C17H23Cl2N3O2.